The summed E-state index contributed by atoms with van der Waals surface area (Å²) in [6.45, 7) is 2.22. The van der Waals surface area contributed by atoms with E-state index < -0.39 is 0 Å². The van der Waals surface area contributed by atoms with E-state index in [1.165, 1.54) is 29.3 Å². The molecule has 1 atom stereocenters. The minimum atomic E-state index is 0. The van der Waals surface area contributed by atoms with Crippen LogP contribution in [0.2, 0.25) is 0 Å². The SMILES string of the molecule is Cl.c1cc2cc(NC3CCCNC3)ccc2cn1. The number of aromatic nitrogens is 1. The van der Waals surface area contributed by atoms with Crippen LogP contribution in [0.25, 0.3) is 10.8 Å². The molecular weight excluding hydrogens is 246 g/mol. The summed E-state index contributed by atoms with van der Waals surface area (Å²) in [6.07, 6.45) is 6.26. The number of halogens is 1. The van der Waals surface area contributed by atoms with Crippen LogP contribution in [0.5, 0.6) is 0 Å². The Kier molecular flexibility index (Phi) is 4.39. The predicted octanol–water partition coefficient (Wildman–Crippen LogP) is 2.82. The minimum Gasteiger partial charge on any atom is -0.381 e. The number of nitrogens with zero attached hydrogens (tertiary/aromatic N) is 1. The second-order valence-electron chi connectivity index (χ2n) is 4.63. The van der Waals surface area contributed by atoms with E-state index in [9.17, 15) is 0 Å². The van der Waals surface area contributed by atoms with E-state index in [0.717, 1.165) is 13.1 Å². The van der Waals surface area contributed by atoms with Gasteiger partial charge in [0.15, 0.2) is 0 Å². The van der Waals surface area contributed by atoms with Crippen molar-refractivity contribution in [2.24, 2.45) is 0 Å². The fourth-order valence-electron chi connectivity index (χ4n) is 2.38. The summed E-state index contributed by atoms with van der Waals surface area (Å²) in [5.74, 6) is 0. The Hall–Kier alpha value is -1.32. The fraction of sp³-hybridized carbons (Fsp3) is 0.357. The molecule has 1 aromatic heterocycles. The predicted molar refractivity (Wildman–Crippen MR) is 78.5 cm³/mol. The van der Waals surface area contributed by atoms with Gasteiger partial charge < -0.3 is 10.6 Å². The van der Waals surface area contributed by atoms with Gasteiger partial charge in [-0.3, -0.25) is 4.98 Å². The first kappa shape index (κ1) is 13.1. The molecule has 1 saturated heterocycles. The average Bonchev–Trinajstić information content (AvgIpc) is 2.40. The number of anilines is 1. The van der Waals surface area contributed by atoms with Crippen LogP contribution in [0, 0.1) is 0 Å². The standard InChI is InChI=1S/C14H17N3.ClH/c1-2-14(10-15-6-1)17-13-4-3-12-9-16-7-5-11(12)8-13;/h3-5,7-9,14-15,17H,1-2,6,10H2;1H. The van der Waals surface area contributed by atoms with Crippen LogP contribution in [0.1, 0.15) is 12.8 Å². The van der Waals surface area contributed by atoms with E-state index in [0.29, 0.717) is 6.04 Å². The van der Waals surface area contributed by atoms with Crippen molar-refractivity contribution >= 4 is 28.9 Å². The molecule has 2 N–H and O–H groups in total. The van der Waals surface area contributed by atoms with Gasteiger partial charge in [-0.1, -0.05) is 6.07 Å². The smallest absolute Gasteiger partial charge is 0.0386 e. The fourth-order valence-corrected chi connectivity index (χ4v) is 2.38. The first-order valence-corrected chi connectivity index (χ1v) is 6.23. The number of piperidine rings is 1. The second kappa shape index (κ2) is 6.03. The minimum absolute atomic E-state index is 0. The number of fused-ring (bicyclic) bond motifs is 1. The maximum atomic E-state index is 4.13. The molecule has 18 heavy (non-hydrogen) atoms. The van der Waals surface area contributed by atoms with Crippen LogP contribution in [0.4, 0.5) is 5.69 Å². The van der Waals surface area contributed by atoms with Crippen molar-refractivity contribution in [3.63, 3.8) is 0 Å². The third-order valence-electron chi connectivity index (χ3n) is 3.31. The van der Waals surface area contributed by atoms with Crippen LogP contribution < -0.4 is 10.6 Å². The summed E-state index contributed by atoms with van der Waals surface area (Å²) in [6, 6.07) is 9.08. The van der Waals surface area contributed by atoms with Crippen molar-refractivity contribution in [2.45, 2.75) is 18.9 Å². The summed E-state index contributed by atoms with van der Waals surface area (Å²) in [5.41, 5.74) is 1.21. The van der Waals surface area contributed by atoms with Crippen molar-refractivity contribution in [1.82, 2.24) is 10.3 Å². The van der Waals surface area contributed by atoms with Gasteiger partial charge in [-0.2, -0.15) is 0 Å². The van der Waals surface area contributed by atoms with E-state index in [1.807, 2.05) is 12.4 Å². The maximum absolute atomic E-state index is 4.13. The quantitative estimate of drug-likeness (QED) is 0.875. The Morgan fingerprint density at radius 3 is 3.00 bits per heavy atom. The van der Waals surface area contributed by atoms with Gasteiger partial charge in [0, 0.05) is 36.1 Å². The number of benzene rings is 1. The van der Waals surface area contributed by atoms with Gasteiger partial charge in [-0.15, -0.1) is 12.4 Å². The molecule has 3 nitrogen and oxygen atoms in total. The topological polar surface area (TPSA) is 37.0 Å². The number of nitrogens with one attached hydrogen (secondary N) is 2. The maximum Gasteiger partial charge on any atom is 0.0386 e. The second-order valence-corrected chi connectivity index (χ2v) is 4.63. The zero-order valence-electron chi connectivity index (χ0n) is 10.2. The molecule has 0 saturated carbocycles. The first-order valence-electron chi connectivity index (χ1n) is 6.23. The summed E-state index contributed by atoms with van der Waals surface area (Å²) in [4.78, 5) is 4.13. The van der Waals surface area contributed by atoms with Crippen LogP contribution in [0.3, 0.4) is 0 Å². The summed E-state index contributed by atoms with van der Waals surface area (Å²) in [7, 11) is 0. The van der Waals surface area contributed by atoms with E-state index in [4.69, 9.17) is 0 Å². The lowest BCUT2D eigenvalue weighted by Crippen LogP contribution is -2.38. The zero-order valence-corrected chi connectivity index (χ0v) is 11.0. The summed E-state index contributed by atoms with van der Waals surface area (Å²) < 4.78 is 0. The largest absolute Gasteiger partial charge is 0.381 e. The molecule has 2 heterocycles. The lowest BCUT2D eigenvalue weighted by molar-refractivity contribution is 0.480. The van der Waals surface area contributed by atoms with Crippen molar-refractivity contribution in [3.05, 3.63) is 36.7 Å². The number of rotatable bonds is 2. The highest BCUT2D eigenvalue weighted by Crippen LogP contribution is 2.19. The molecule has 2 aromatic rings. The first-order chi connectivity index (χ1) is 8.42. The lowest BCUT2D eigenvalue weighted by atomic mass is 10.1. The van der Waals surface area contributed by atoms with Gasteiger partial charge >= 0.3 is 0 Å². The highest BCUT2D eigenvalue weighted by molar-refractivity contribution is 5.85. The third kappa shape index (κ3) is 2.92. The summed E-state index contributed by atoms with van der Waals surface area (Å²) in [5, 5.41) is 9.45. The molecule has 3 rings (SSSR count). The van der Waals surface area contributed by atoms with E-state index in [2.05, 4.69) is 39.9 Å². The Morgan fingerprint density at radius 1 is 1.22 bits per heavy atom. The van der Waals surface area contributed by atoms with Crippen LogP contribution in [-0.4, -0.2) is 24.1 Å². The Balaban J connectivity index is 0.00000120. The molecule has 0 amide bonds. The molecular formula is C14H18ClN3. The monoisotopic (exact) mass is 263 g/mol. The van der Waals surface area contributed by atoms with Gasteiger partial charge in [0.2, 0.25) is 0 Å². The number of pyridine rings is 1. The summed E-state index contributed by atoms with van der Waals surface area (Å²) >= 11 is 0. The molecule has 0 bridgehead atoms. The molecule has 1 aromatic carbocycles. The zero-order chi connectivity index (χ0) is 11.5. The molecule has 0 spiro atoms. The van der Waals surface area contributed by atoms with Crippen LogP contribution >= 0.6 is 12.4 Å². The number of hydrogen-bond donors (Lipinski definition) is 2. The van der Waals surface area contributed by atoms with Crippen molar-refractivity contribution < 1.29 is 0 Å². The Bertz CT molecular complexity index is 509. The molecule has 0 radical (unpaired) electrons. The van der Waals surface area contributed by atoms with Crippen LogP contribution in [-0.2, 0) is 0 Å². The van der Waals surface area contributed by atoms with E-state index in [-0.39, 0.29) is 12.4 Å². The van der Waals surface area contributed by atoms with Gasteiger partial charge in [0.25, 0.3) is 0 Å². The highest BCUT2D eigenvalue weighted by Gasteiger charge is 2.12. The van der Waals surface area contributed by atoms with Crippen molar-refractivity contribution in [2.75, 3.05) is 18.4 Å². The lowest BCUT2D eigenvalue weighted by Gasteiger charge is -2.24. The van der Waals surface area contributed by atoms with Gasteiger partial charge in [0.1, 0.15) is 0 Å². The molecule has 0 aliphatic carbocycles. The third-order valence-corrected chi connectivity index (χ3v) is 3.31. The van der Waals surface area contributed by atoms with E-state index in [1.54, 1.807) is 0 Å². The van der Waals surface area contributed by atoms with Gasteiger partial charge in [0.05, 0.1) is 0 Å². The van der Waals surface area contributed by atoms with Gasteiger partial charge in [-0.05, 0) is 43.0 Å². The normalized spacial score (nSPS) is 19.2. The molecule has 4 heteroatoms. The van der Waals surface area contributed by atoms with Crippen molar-refractivity contribution in [1.29, 1.82) is 0 Å². The highest BCUT2D eigenvalue weighted by atomic mass is 35.5. The Morgan fingerprint density at radius 2 is 2.17 bits per heavy atom. The molecule has 1 fully saturated rings. The molecule has 1 aliphatic heterocycles. The van der Waals surface area contributed by atoms with Gasteiger partial charge in [-0.25, -0.2) is 0 Å². The van der Waals surface area contributed by atoms with Crippen LogP contribution in [0.15, 0.2) is 36.7 Å². The Labute approximate surface area is 113 Å². The number of hydrogen-bond acceptors (Lipinski definition) is 3. The van der Waals surface area contributed by atoms with E-state index >= 15 is 0 Å². The molecule has 1 aliphatic rings. The average molecular weight is 264 g/mol. The van der Waals surface area contributed by atoms with Crippen molar-refractivity contribution in [3.8, 4) is 0 Å². The molecule has 1 unspecified atom stereocenters. The molecule has 96 valence electrons.